The second-order valence-electron chi connectivity index (χ2n) is 2.46. The molecular formula is C9H18S. The van der Waals surface area contributed by atoms with Gasteiger partial charge < -0.3 is 0 Å². The molecule has 0 saturated heterocycles. The van der Waals surface area contributed by atoms with Crippen molar-refractivity contribution in [1.29, 1.82) is 0 Å². The van der Waals surface area contributed by atoms with Gasteiger partial charge in [-0.2, -0.15) is 0 Å². The van der Waals surface area contributed by atoms with Gasteiger partial charge >= 0.3 is 0 Å². The van der Waals surface area contributed by atoms with E-state index < -0.39 is 0 Å². The monoisotopic (exact) mass is 158 g/mol. The van der Waals surface area contributed by atoms with Crippen LogP contribution < -0.4 is 0 Å². The van der Waals surface area contributed by atoms with Crippen LogP contribution in [-0.2, 0) is 0 Å². The summed E-state index contributed by atoms with van der Waals surface area (Å²) < 4.78 is 0. The average Bonchev–Trinajstić information content (AvgIpc) is 1.97. The molecule has 0 saturated carbocycles. The van der Waals surface area contributed by atoms with E-state index in [9.17, 15) is 0 Å². The minimum Gasteiger partial charge on any atom is -0.138 e. The van der Waals surface area contributed by atoms with Crippen molar-refractivity contribution in [1.82, 2.24) is 0 Å². The first kappa shape index (κ1) is 10.1. The van der Waals surface area contributed by atoms with E-state index in [4.69, 9.17) is 0 Å². The topological polar surface area (TPSA) is 0 Å². The molecule has 0 atom stereocenters. The molecule has 0 aliphatic rings. The summed E-state index contributed by atoms with van der Waals surface area (Å²) >= 11 is 1.78. The normalized spacial score (nSPS) is 11.0. The van der Waals surface area contributed by atoms with Crippen LogP contribution in [0.2, 0.25) is 0 Å². The third-order valence-electron chi connectivity index (χ3n) is 1.46. The molecule has 0 aromatic rings. The summed E-state index contributed by atoms with van der Waals surface area (Å²) in [4.78, 5) is 0. The number of allylic oxidation sites excluding steroid dienone is 1. The van der Waals surface area contributed by atoms with Crippen LogP contribution in [0.4, 0.5) is 0 Å². The van der Waals surface area contributed by atoms with Crippen molar-refractivity contribution in [3.63, 3.8) is 0 Å². The first-order valence-corrected chi connectivity index (χ1v) is 5.38. The molecule has 0 spiro atoms. The van der Waals surface area contributed by atoms with E-state index in [0.717, 1.165) is 0 Å². The molecule has 0 bridgehead atoms. The largest absolute Gasteiger partial charge is 0.138 e. The molecule has 0 fully saturated rings. The first-order valence-electron chi connectivity index (χ1n) is 4.09. The standard InChI is InChI=1S/C9H18S/c1-3-4-5-6-7-8-9-10-2/h8-9H,3-7H2,1-2H3/b9-8-. The second kappa shape index (κ2) is 9.09. The van der Waals surface area contributed by atoms with Gasteiger partial charge in [0, 0.05) is 0 Å². The summed E-state index contributed by atoms with van der Waals surface area (Å²) in [5.74, 6) is 0. The SMILES string of the molecule is CCCCCC/C=C\SC. The maximum absolute atomic E-state index is 2.26. The maximum Gasteiger partial charge on any atom is -0.0142 e. The molecule has 0 unspecified atom stereocenters. The van der Waals surface area contributed by atoms with Crippen LogP contribution in [0.1, 0.15) is 39.0 Å². The highest BCUT2D eigenvalue weighted by molar-refractivity contribution is 8.01. The van der Waals surface area contributed by atoms with Gasteiger partial charge in [0.05, 0.1) is 0 Å². The smallest absolute Gasteiger partial charge is 0.0142 e. The van der Waals surface area contributed by atoms with E-state index >= 15 is 0 Å². The van der Waals surface area contributed by atoms with Crippen molar-refractivity contribution in [2.45, 2.75) is 39.0 Å². The lowest BCUT2D eigenvalue weighted by molar-refractivity contribution is 0.675. The Bertz CT molecular complexity index is 76.8. The van der Waals surface area contributed by atoms with Gasteiger partial charge in [-0.15, -0.1) is 11.8 Å². The van der Waals surface area contributed by atoms with E-state index in [2.05, 4.69) is 24.7 Å². The molecule has 60 valence electrons. The Morgan fingerprint density at radius 3 is 2.60 bits per heavy atom. The highest BCUT2D eigenvalue weighted by Crippen LogP contribution is 2.04. The zero-order valence-electron chi connectivity index (χ0n) is 7.10. The lowest BCUT2D eigenvalue weighted by Crippen LogP contribution is -1.72. The van der Waals surface area contributed by atoms with Crippen molar-refractivity contribution in [2.75, 3.05) is 6.26 Å². The van der Waals surface area contributed by atoms with Gasteiger partial charge in [-0.25, -0.2) is 0 Å². The third-order valence-corrected chi connectivity index (χ3v) is 1.92. The van der Waals surface area contributed by atoms with Crippen LogP contribution in [0.5, 0.6) is 0 Å². The molecule has 0 aromatic carbocycles. The van der Waals surface area contributed by atoms with E-state index in [1.165, 1.54) is 32.1 Å². The van der Waals surface area contributed by atoms with Crippen LogP contribution >= 0.6 is 11.8 Å². The Kier molecular flexibility index (Phi) is 9.17. The number of hydrogen-bond acceptors (Lipinski definition) is 1. The molecular weight excluding hydrogens is 140 g/mol. The Balaban J connectivity index is 2.83. The molecule has 0 N–H and O–H groups in total. The van der Waals surface area contributed by atoms with Crippen LogP contribution in [0.15, 0.2) is 11.5 Å². The lowest BCUT2D eigenvalue weighted by atomic mass is 10.2. The first-order chi connectivity index (χ1) is 4.91. The molecule has 0 heterocycles. The van der Waals surface area contributed by atoms with E-state index in [1.807, 2.05) is 0 Å². The maximum atomic E-state index is 2.26. The van der Waals surface area contributed by atoms with Crippen molar-refractivity contribution in [2.24, 2.45) is 0 Å². The van der Waals surface area contributed by atoms with Crippen LogP contribution in [0, 0.1) is 0 Å². The van der Waals surface area contributed by atoms with Crippen LogP contribution in [0.3, 0.4) is 0 Å². The Morgan fingerprint density at radius 2 is 2.00 bits per heavy atom. The summed E-state index contributed by atoms with van der Waals surface area (Å²) in [5.41, 5.74) is 0. The second-order valence-corrected chi connectivity index (χ2v) is 3.20. The van der Waals surface area contributed by atoms with E-state index in [0.29, 0.717) is 0 Å². The number of unbranched alkanes of at least 4 members (excludes halogenated alkanes) is 4. The minimum absolute atomic E-state index is 1.26. The van der Waals surface area contributed by atoms with Crippen molar-refractivity contribution in [3.8, 4) is 0 Å². The summed E-state index contributed by atoms with van der Waals surface area (Å²) in [6, 6.07) is 0. The van der Waals surface area contributed by atoms with E-state index in [-0.39, 0.29) is 0 Å². The molecule has 0 radical (unpaired) electrons. The molecule has 10 heavy (non-hydrogen) atoms. The third kappa shape index (κ3) is 8.09. The van der Waals surface area contributed by atoms with Crippen molar-refractivity contribution < 1.29 is 0 Å². The van der Waals surface area contributed by atoms with Gasteiger partial charge in [-0.1, -0.05) is 32.3 Å². The molecule has 0 aliphatic carbocycles. The zero-order valence-corrected chi connectivity index (χ0v) is 7.91. The number of thioether (sulfide) groups is 1. The van der Waals surface area contributed by atoms with Gasteiger partial charge in [0.2, 0.25) is 0 Å². The van der Waals surface area contributed by atoms with Gasteiger partial charge in [0.1, 0.15) is 0 Å². The Labute approximate surface area is 69.1 Å². The molecule has 0 aromatic heterocycles. The minimum atomic E-state index is 1.26. The lowest BCUT2D eigenvalue weighted by Gasteiger charge is -1.92. The Morgan fingerprint density at radius 1 is 1.20 bits per heavy atom. The quantitative estimate of drug-likeness (QED) is 0.529. The summed E-state index contributed by atoms with van der Waals surface area (Å²) in [7, 11) is 0. The fourth-order valence-corrected chi connectivity index (χ4v) is 1.18. The van der Waals surface area contributed by atoms with Gasteiger partial charge in [-0.05, 0) is 24.5 Å². The highest BCUT2D eigenvalue weighted by atomic mass is 32.2. The van der Waals surface area contributed by atoms with Crippen molar-refractivity contribution in [3.05, 3.63) is 11.5 Å². The number of hydrogen-bond donors (Lipinski definition) is 0. The molecule has 1 heteroatoms. The summed E-state index contributed by atoms with van der Waals surface area (Å²) in [6.45, 7) is 2.25. The average molecular weight is 158 g/mol. The fourth-order valence-electron chi connectivity index (χ4n) is 0.853. The predicted octanol–water partition coefficient (Wildman–Crippen LogP) is 3.83. The highest BCUT2D eigenvalue weighted by Gasteiger charge is 1.82. The van der Waals surface area contributed by atoms with Crippen molar-refractivity contribution >= 4 is 11.8 Å². The van der Waals surface area contributed by atoms with Gasteiger partial charge in [0.15, 0.2) is 0 Å². The predicted molar refractivity (Wildman–Crippen MR) is 51.4 cm³/mol. The molecule has 0 rings (SSSR count). The van der Waals surface area contributed by atoms with Crippen LogP contribution in [0.25, 0.3) is 0 Å². The molecule has 0 aliphatic heterocycles. The summed E-state index contributed by atoms with van der Waals surface area (Å²) in [5, 5.41) is 2.17. The fraction of sp³-hybridized carbons (Fsp3) is 0.778. The summed E-state index contributed by atoms with van der Waals surface area (Å²) in [6.07, 6.45) is 11.1. The number of rotatable bonds is 6. The van der Waals surface area contributed by atoms with Crippen LogP contribution in [-0.4, -0.2) is 6.26 Å². The van der Waals surface area contributed by atoms with Gasteiger partial charge in [-0.3, -0.25) is 0 Å². The molecule has 0 amide bonds. The Hall–Kier alpha value is 0.0900. The van der Waals surface area contributed by atoms with E-state index in [1.54, 1.807) is 11.8 Å². The van der Waals surface area contributed by atoms with Gasteiger partial charge in [0.25, 0.3) is 0 Å². The zero-order chi connectivity index (χ0) is 7.66. The molecule has 0 nitrogen and oxygen atoms in total.